The van der Waals surface area contributed by atoms with Gasteiger partial charge < -0.3 is 0 Å². The molecular weight excluding hydrogens is 240 g/mol. The van der Waals surface area contributed by atoms with E-state index < -0.39 is 17.7 Å². The average Bonchev–Trinajstić information content (AvgIpc) is 3.05. The van der Waals surface area contributed by atoms with Crippen LogP contribution in [-0.4, -0.2) is 17.7 Å². The Morgan fingerprint density at radius 1 is 1.17 bits per heavy atom. The molecule has 1 heterocycles. The van der Waals surface area contributed by atoms with E-state index in [2.05, 4.69) is 19.6 Å². The zero-order valence-corrected chi connectivity index (χ0v) is 11.4. The van der Waals surface area contributed by atoms with Crippen molar-refractivity contribution in [2.45, 2.75) is 53.2 Å². The lowest BCUT2D eigenvalue weighted by Gasteiger charge is -2.26. The van der Waals surface area contributed by atoms with Crippen molar-refractivity contribution in [2.75, 3.05) is 0 Å². The summed E-state index contributed by atoms with van der Waals surface area (Å²) in [6.07, 6.45) is 0.895. The number of hydrogen-bond donors (Lipinski definition) is 0. The molecule has 0 aromatic rings. The molecule has 1 fully saturated rings. The van der Waals surface area contributed by atoms with Crippen LogP contribution in [0.15, 0.2) is 0 Å². The fraction of sp³-hybridized carbons (Fsp3) is 0.833. The molecule has 0 aromatic heterocycles. The van der Waals surface area contributed by atoms with Crippen LogP contribution in [0, 0.1) is 11.3 Å². The zero-order chi connectivity index (χ0) is 14.0. The smallest absolute Gasteiger partial charge is 0.247 e. The minimum atomic E-state index is -1.39. The minimum absolute atomic E-state index is 0.257. The maximum absolute atomic E-state index is 11.8. The normalized spacial score (nSPS) is 18.9. The highest BCUT2D eigenvalue weighted by Gasteiger charge is 2.58. The molecule has 1 saturated heterocycles. The summed E-state index contributed by atoms with van der Waals surface area (Å²) in [6, 6.07) is 0. The Balaban J connectivity index is 2.48. The van der Waals surface area contributed by atoms with Gasteiger partial charge in [0, 0.05) is 6.42 Å². The molecule has 1 unspecified atom stereocenters. The van der Waals surface area contributed by atoms with Gasteiger partial charge in [0.2, 0.25) is 0 Å². The van der Waals surface area contributed by atoms with Gasteiger partial charge in [-0.3, -0.25) is 0 Å². The van der Waals surface area contributed by atoms with E-state index in [0.29, 0.717) is 12.8 Å². The Kier molecular flexibility index (Phi) is 4.34. The molecule has 104 valence electrons. The lowest BCUT2D eigenvalue weighted by atomic mass is 9.79. The molecule has 0 bridgehead atoms. The van der Waals surface area contributed by atoms with Crippen LogP contribution in [0.3, 0.4) is 0 Å². The molecule has 1 rings (SSSR count). The van der Waals surface area contributed by atoms with Crippen molar-refractivity contribution in [3.63, 3.8) is 0 Å². The Labute approximate surface area is 106 Å². The van der Waals surface area contributed by atoms with Crippen LogP contribution in [0.25, 0.3) is 0 Å². The predicted molar refractivity (Wildman–Crippen MR) is 60.6 cm³/mol. The molecule has 0 saturated carbocycles. The molecule has 0 aromatic carbocycles. The van der Waals surface area contributed by atoms with Crippen molar-refractivity contribution in [1.29, 1.82) is 0 Å². The second-order valence-corrected chi connectivity index (χ2v) is 5.37. The standard InChI is InChI=1S/C12H20O6/c1-6-8(11(3,4)5)9(13)15-16-10(14)12(7-2)17-18-12/h8H,6-7H2,1-5H3. The maximum atomic E-state index is 11.8. The molecule has 0 N–H and O–H groups in total. The third-order valence-corrected chi connectivity index (χ3v) is 3.00. The van der Waals surface area contributed by atoms with Crippen molar-refractivity contribution < 1.29 is 29.1 Å². The van der Waals surface area contributed by atoms with Gasteiger partial charge in [0.1, 0.15) is 0 Å². The number of hydrogen-bond acceptors (Lipinski definition) is 6. The molecule has 0 amide bonds. The van der Waals surface area contributed by atoms with Gasteiger partial charge in [-0.05, 0) is 11.8 Å². The van der Waals surface area contributed by atoms with Gasteiger partial charge in [-0.25, -0.2) is 19.4 Å². The number of rotatable bonds is 4. The molecule has 1 atom stereocenters. The zero-order valence-electron chi connectivity index (χ0n) is 11.4. The van der Waals surface area contributed by atoms with Crippen LogP contribution < -0.4 is 0 Å². The van der Waals surface area contributed by atoms with Crippen LogP contribution in [0.1, 0.15) is 47.5 Å². The Morgan fingerprint density at radius 3 is 2.06 bits per heavy atom. The number of carbonyl (C=O) groups excluding carboxylic acids is 2. The first-order chi connectivity index (χ1) is 8.27. The second kappa shape index (κ2) is 5.24. The van der Waals surface area contributed by atoms with Crippen molar-refractivity contribution >= 4 is 11.9 Å². The molecule has 0 radical (unpaired) electrons. The van der Waals surface area contributed by atoms with Crippen LogP contribution in [0.5, 0.6) is 0 Å². The van der Waals surface area contributed by atoms with Gasteiger partial charge >= 0.3 is 17.7 Å². The Bertz CT molecular complexity index is 326. The topological polar surface area (TPSA) is 77.7 Å². The molecular formula is C12H20O6. The fourth-order valence-electron chi connectivity index (χ4n) is 1.71. The first kappa shape index (κ1) is 14.9. The minimum Gasteiger partial charge on any atom is -0.247 e. The largest absolute Gasteiger partial charge is 0.420 e. The van der Waals surface area contributed by atoms with Gasteiger partial charge in [0.05, 0.1) is 5.92 Å². The predicted octanol–water partition coefficient (Wildman–Crippen LogP) is 2.13. The molecule has 6 heteroatoms. The summed E-state index contributed by atoms with van der Waals surface area (Å²) in [6.45, 7) is 9.33. The summed E-state index contributed by atoms with van der Waals surface area (Å²) in [5.74, 6) is -3.14. The van der Waals surface area contributed by atoms with Crippen molar-refractivity contribution in [3.8, 4) is 0 Å². The molecule has 1 aliphatic rings. The molecule has 1 aliphatic heterocycles. The third-order valence-electron chi connectivity index (χ3n) is 3.00. The fourth-order valence-corrected chi connectivity index (χ4v) is 1.71. The van der Waals surface area contributed by atoms with Crippen LogP contribution in [-0.2, 0) is 29.1 Å². The van der Waals surface area contributed by atoms with E-state index in [4.69, 9.17) is 0 Å². The quantitative estimate of drug-likeness (QED) is 0.438. The Hall–Kier alpha value is -1.14. The van der Waals surface area contributed by atoms with E-state index in [1.165, 1.54) is 0 Å². The second-order valence-electron chi connectivity index (χ2n) is 5.37. The highest BCUT2D eigenvalue weighted by molar-refractivity contribution is 5.80. The van der Waals surface area contributed by atoms with Crippen LogP contribution in [0.2, 0.25) is 0 Å². The maximum Gasteiger partial charge on any atom is 0.420 e. The van der Waals surface area contributed by atoms with Crippen LogP contribution in [0.4, 0.5) is 0 Å². The molecule has 0 spiro atoms. The highest BCUT2D eigenvalue weighted by atomic mass is 17.4. The Morgan fingerprint density at radius 2 is 1.72 bits per heavy atom. The average molecular weight is 260 g/mol. The van der Waals surface area contributed by atoms with E-state index in [1.807, 2.05) is 27.7 Å². The molecule has 18 heavy (non-hydrogen) atoms. The summed E-state index contributed by atoms with van der Waals surface area (Å²) in [5, 5.41) is 0. The lowest BCUT2D eigenvalue weighted by molar-refractivity contribution is -0.268. The van der Waals surface area contributed by atoms with E-state index in [1.54, 1.807) is 6.92 Å². The van der Waals surface area contributed by atoms with Crippen LogP contribution >= 0.6 is 0 Å². The van der Waals surface area contributed by atoms with Crippen molar-refractivity contribution in [1.82, 2.24) is 0 Å². The first-order valence-electron chi connectivity index (χ1n) is 6.06. The summed E-state index contributed by atoms with van der Waals surface area (Å²) < 4.78 is 0. The van der Waals surface area contributed by atoms with Crippen molar-refractivity contribution in [2.24, 2.45) is 11.3 Å². The highest BCUT2D eigenvalue weighted by Crippen LogP contribution is 2.35. The summed E-state index contributed by atoms with van der Waals surface area (Å²) in [5.41, 5.74) is -0.257. The van der Waals surface area contributed by atoms with Gasteiger partial charge in [-0.2, -0.15) is 9.78 Å². The van der Waals surface area contributed by atoms with E-state index in [-0.39, 0.29) is 11.3 Å². The number of carbonyl (C=O) groups is 2. The van der Waals surface area contributed by atoms with Gasteiger partial charge in [0.25, 0.3) is 0 Å². The van der Waals surface area contributed by atoms with E-state index in [0.717, 1.165) is 0 Å². The van der Waals surface area contributed by atoms with Crippen molar-refractivity contribution in [3.05, 3.63) is 0 Å². The van der Waals surface area contributed by atoms with Gasteiger partial charge in [0.15, 0.2) is 0 Å². The molecule has 6 nitrogen and oxygen atoms in total. The summed E-state index contributed by atoms with van der Waals surface area (Å²) in [7, 11) is 0. The third kappa shape index (κ3) is 3.20. The molecule has 0 aliphatic carbocycles. The SMILES string of the molecule is CCC(C(=O)OOC(=O)C1(CC)OO1)C(C)(C)C. The van der Waals surface area contributed by atoms with E-state index >= 15 is 0 Å². The van der Waals surface area contributed by atoms with Gasteiger partial charge in [-0.15, -0.1) is 0 Å². The van der Waals surface area contributed by atoms with Gasteiger partial charge in [-0.1, -0.05) is 34.6 Å². The summed E-state index contributed by atoms with van der Waals surface area (Å²) in [4.78, 5) is 41.3. The lowest BCUT2D eigenvalue weighted by Crippen LogP contribution is -2.32. The summed E-state index contributed by atoms with van der Waals surface area (Å²) >= 11 is 0. The van der Waals surface area contributed by atoms with E-state index in [9.17, 15) is 9.59 Å². The first-order valence-corrected chi connectivity index (χ1v) is 6.06. The monoisotopic (exact) mass is 260 g/mol.